The van der Waals surface area contributed by atoms with Crippen molar-refractivity contribution in [3.63, 3.8) is 0 Å². The van der Waals surface area contributed by atoms with E-state index in [-0.39, 0.29) is 18.0 Å². The lowest BCUT2D eigenvalue weighted by molar-refractivity contribution is -0.121. The van der Waals surface area contributed by atoms with Crippen molar-refractivity contribution in [2.45, 2.75) is 38.8 Å². The molecule has 0 aliphatic rings. The molecule has 6 heteroatoms. The second kappa shape index (κ2) is 6.99. The van der Waals surface area contributed by atoms with E-state index in [2.05, 4.69) is 15.4 Å². The van der Waals surface area contributed by atoms with Gasteiger partial charge in [0.15, 0.2) is 0 Å². The van der Waals surface area contributed by atoms with Crippen LogP contribution in [0.25, 0.3) is 5.69 Å². The Morgan fingerprint density at radius 3 is 2.62 bits per heavy atom. The third-order valence-electron chi connectivity index (χ3n) is 3.28. The van der Waals surface area contributed by atoms with Crippen molar-refractivity contribution in [3.8, 4) is 5.69 Å². The van der Waals surface area contributed by atoms with Gasteiger partial charge in [-0.3, -0.25) is 4.79 Å². The first kappa shape index (κ1) is 15.2. The normalized spacial score (nSPS) is 13.7. The molecule has 0 saturated heterocycles. The molecule has 1 amide bonds. The van der Waals surface area contributed by atoms with E-state index in [1.165, 1.54) is 6.33 Å². The Morgan fingerprint density at radius 2 is 2.05 bits per heavy atom. The highest BCUT2D eigenvalue weighted by molar-refractivity contribution is 5.76. The van der Waals surface area contributed by atoms with Crippen LogP contribution in [0, 0.1) is 0 Å². The highest BCUT2D eigenvalue weighted by atomic mass is 16.1. The highest BCUT2D eigenvalue weighted by Gasteiger charge is 2.10. The van der Waals surface area contributed by atoms with Crippen LogP contribution in [-0.2, 0) is 4.79 Å². The Morgan fingerprint density at radius 1 is 1.33 bits per heavy atom. The second-order valence-electron chi connectivity index (χ2n) is 5.24. The average molecular weight is 287 g/mol. The average Bonchev–Trinajstić information content (AvgIpc) is 2.99. The molecule has 3 N–H and O–H groups in total. The summed E-state index contributed by atoms with van der Waals surface area (Å²) < 4.78 is 1.69. The SMILES string of the molecule is CC(N)CCC(=O)NC(C)c1ccc(-n2cncn2)cc1. The molecule has 0 aliphatic heterocycles. The van der Waals surface area contributed by atoms with Crippen LogP contribution < -0.4 is 11.1 Å². The molecule has 0 aliphatic carbocycles. The third kappa shape index (κ3) is 4.39. The number of benzene rings is 1. The Labute approximate surface area is 124 Å². The quantitative estimate of drug-likeness (QED) is 0.844. The summed E-state index contributed by atoms with van der Waals surface area (Å²) in [4.78, 5) is 15.7. The summed E-state index contributed by atoms with van der Waals surface area (Å²) in [5, 5.41) is 7.05. The number of aromatic nitrogens is 3. The molecule has 2 unspecified atom stereocenters. The minimum absolute atomic E-state index is 0.0279. The molecular formula is C15H21N5O. The van der Waals surface area contributed by atoms with E-state index in [9.17, 15) is 4.79 Å². The topological polar surface area (TPSA) is 85.8 Å². The van der Waals surface area contributed by atoms with Crippen molar-refractivity contribution in [2.75, 3.05) is 0 Å². The number of nitrogens with two attached hydrogens (primary N) is 1. The van der Waals surface area contributed by atoms with Crippen LogP contribution in [-0.4, -0.2) is 26.7 Å². The first-order valence-corrected chi connectivity index (χ1v) is 7.06. The Balaban J connectivity index is 1.93. The molecule has 0 bridgehead atoms. The van der Waals surface area contributed by atoms with Gasteiger partial charge in [0, 0.05) is 12.5 Å². The molecule has 1 heterocycles. The smallest absolute Gasteiger partial charge is 0.220 e. The van der Waals surface area contributed by atoms with E-state index >= 15 is 0 Å². The van der Waals surface area contributed by atoms with E-state index in [1.54, 1.807) is 11.0 Å². The number of rotatable bonds is 6. The molecule has 0 fully saturated rings. The Kier molecular flexibility index (Phi) is 5.05. The highest BCUT2D eigenvalue weighted by Crippen LogP contribution is 2.15. The molecular weight excluding hydrogens is 266 g/mol. The van der Waals surface area contributed by atoms with E-state index < -0.39 is 0 Å². The van der Waals surface area contributed by atoms with Gasteiger partial charge in [0.25, 0.3) is 0 Å². The van der Waals surface area contributed by atoms with Gasteiger partial charge in [-0.2, -0.15) is 5.10 Å². The summed E-state index contributed by atoms with van der Waals surface area (Å²) in [5.74, 6) is 0.0279. The number of carbonyl (C=O) groups excluding carboxylic acids is 1. The van der Waals surface area contributed by atoms with E-state index in [0.29, 0.717) is 12.8 Å². The van der Waals surface area contributed by atoms with Crippen molar-refractivity contribution < 1.29 is 4.79 Å². The lowest BCUT2D eigenvalue weighted by atomic mass is 10.1. The van der Waals surface area contributed by atoms with Crippen LogP contribution in [0.15, 0.2) is 36.9 Å². The molecule has 0 spiro atoms. The van der Waals surface area contributed by atoms with Crippen molar-refractivity contribution in [3.05, 3.63) is 42.5 Å². The van der Waals surface area contributed by atoms with Gasteiger partial charge in [-0.05, 0) is 38.0 Å². The maximum absolute atomic E-state index is 11.8. The number of nitrogens with one attached hydrogen (secondary N) is 1. The zero-order valence-electron chi connectivity index (χ0n) is 12.4. The van der Waals surface area contributed by atoms with Gasteiger partial charge in [0.1, 0.15) is 12.7 Å². The number of amides is 1. The third-order valence-corrected chi connectivity index (χ3v) is 3.28. The van der Waals surface area contributed by atoms with Crippen LogP contribution in [0.2, 0.25) is 0 Å². The molecule has 2 aromatic rings. The van der Waals surface area contributed by atoms with Gasteiger partial charge >= 0.3 is 0 Å². The van der Waals surface area contributed by atoms with Crippen molar-refractivity contribution in [1.82, 2.24) is 20.1 Å². The van der Waals surface area contributed by atoms with Crippen LogP contribution >= 0.6 is 0 Å². The van der Waals surface area contributed by atoms with Gasteiger partial charge in [-0.25, -0.2) is 9.67 Å². The molecule has 1 aromatic carbocycles. The number of hydrogen-bond acceptors (Lipinski definition) is 4. The van der Waals surface area contributed by atoms with Crippen LogP contribution in [0.5, 0.6) is 0 Å². The maximum atomic E-state index is 11.8. The fourth-order valence-electron chi connectivity index (χ4n) is 2.01. The lowest BCUT2D eigenvalue weighted by Gasteiger charge is -2.15. The predicted octanol–water partition coefficient (Wildman–Crippen LogP) is 1.57. The summed E-state index contributed by atoms with van der Waals surface area (Å²) in [7, 11) is 0. The number of nitrogens with zero attached hydrogens (tertiary/aromatic N) is 3. The van der Waals surface area contributed by atoms with Crippen LogP contribution in [0.4, 0.5) is 0 Å². The molecule has 2 atom stereocenters. The Bertz CT molecular complexity index is 562. The molecule has 0 saturated carbocycles. The lowest BCUT2D eigenvalue weighted by Crippen LogP contribution is -2.28. The minimum atomic E-state index is -0.0321. The van der Waals surface area contributed by atoms with E-state index in [4.69, 9.17) is 5.73 Å². The van der Waals surface area contributed by atoms with Gasteiger partial charge < -0.3 is 11.1 Å². The minimum Gasteiger partial charge on any atom is -0.350 e. The molecule has 1 aromatic heterocycles. The van der Waals surface area contributed by atoms with E-state index in [0.717, 1.165) is 11.3 Å². The molecule has 6 nitrogen and oxygen atoms in total. The molecule has 2 rings (SSSR count). The van der Waals surface area contributed by atoms with Crippen molar-refractivity contribution >= 4 is 5.91 Å². The first-order valence-electron chi connectivity index (χ1n) is 7.06. The summed E-state index contributed by atoms with van der Waals surface area (Å²) in [6.45, 7) is 3.87. The van der Waals surface area contributed by atoms with Crippen LogP contribution in [0.3, 0.4) is 0 Å². The number of carbonyl (C=O) groups is 1. The summed E-state index contributed by atoms with van der Waals surface area (Å²) >= 11 is 0. The fourth-order valence-corrected chi connectivity index (χ4v) is 2.01. The Hall–Kier alpha value is -2.21. The monoisotopic (exact) mass is 287 g/mol. The molecule has 112 valence electrons. The number of hydrogen-bond donors (Lipinski definition) is 2. The molecule has 0 radical (unpaired) electrons. The first-order chi connectivity index (χ1) is 10.1. The standard InChI is InChI=1S/C15H21N5O/c1-11(16)3-8-15(21)19-12(2)13-4-6-14(7-5-13)20-10-17-9-18-20/h4-7,9-12H,3,8,16H2,1-2H3,(H,19,21). The molecule has 21 heavy (non-hydrogen) atoms. The zero-order valence-corrected chi connectivity index (χ0v) is 12.4. The summed E-state index contributed by atoms with van der Waals surface area (Å²) in [6.07, 6.45) is 4.30. The largest absolute Gasteiger partial charge is 0.350 e. The zero-order chi connectivity index (χ0) is 15.2. The van der Waals surface area contributed by atoms with Crippen LogP contribution in [0.1, 0.15) is 38.3 Å². The summed E-state index contributed by atoms with van der Waals surface area (Å²) in [6, 6.07) is 7.88. The van der Waals surface area contributed by atoms with Gasteiger partial charge in [-0.1, -0.05) is 12.1 Å². The van der Waals surface area contributed by atoms with Crippen molar-refractivity contribution in [1.29, 1.82) is 0 Å². The van der Waals surface area contributed by atoms with Gasteiger partial charge in [-0.15, -0.1) is 0 Å². The van der Waals surface area contributed by atoms with E-state index in [1.807, 2.05) is 38.1 Å². The van der Waals surface area contributed by atoms with Crippen molar-refractivity contribution in [2.24, 2.45) is 5.73 Å². The second-order valence-corrected chi connectivity index (χ2v) is 5.24. The predicted molar refractivity (Wildman–Crippen MR) is 80.8 cm³/mol. The van der Waals surface area contributed by atoms with Gasteiger partial charge in [0.2, 0.25) is 5.91 Å². The fraction of sp³-hybridized carbons (Fsp3) is 0.400. The summed E-state index contributed by atoms with van der Waals surface area (Å²) in [5.41, 5.74) is 7.64. The maximum Gasteiger partial charge on any atom is 0.220 e. The van der Waals surface area contributed by atoms with Gasteiger partial charge in [0.05, 0.1) is 11.7 Å².